The largest absolute Gasteiger partial charge is 0.481 e. The fraction of sp³-hybridized carbons (Fsp3) is 0.796. The number of hydrogen-bond acceptors (Lipinski definition) is 14. The summed E-state index contributed by atoms with van der Waals surface area (Å²) < 4.78 is 21.2. The maximum atomic E-state index is 12.4. The highest BCUT2D eigenvalue weighted by Gasteiger charge is 2.25. The van der Waals surface area contributed by atoms with Gasteiger partial charge in [0.05, 0.1) is 39.6 Å². The van der Waals surface area contributed by atoms with Gasteiger partial charge in [0, 0.05) is 51.7 Å². The minimum atomic E-state index is -1.45. The normalized spacial score (nSPS) is 12.2. The van der Waals surface area contributed by atoms with E-state index in [4.69, 9.17) is 24.1 Å². The first-order chi connectivity index (χ1) is 35.0. The van der Waals surface area contributed by atoms with Gasteiger partial charge in [-0.1, -0.05) is 90.4 Å². The van der Waals surface area contributed by atoms with Gasteiger partial charge in [-0.25, -0.2) is 14.4 Å². The summed E-state index contributed by atoms with van der Waals surface area (Å²) in [6, 6.07) is -3.97. The fourth-order valence-electron chi connectivity index (χ4n) is 6.98. The molecule has 0 aromatic carbocycles. The van der Waals surface area contributed by atoms with E-state index in [1.807, 2.05) is 6.92 Å². The van der Waals surface area contributed by atoms with Gasteiger partial charge < -0.3 is 71.3 Å². The third kappa shape index (κ3) is 43.8. The van der Waals surface area contributed by atoms with Gasteiger partial charge in [-0.3, -0.25) is 33.6 Å². The third-order valence-corrected chi connectivity index (χ3v) is 11.1. The highest BCUT2D eigenvalue weighted by atomic mass is 16.5. The van der Waals surface area contributed by atoms with Gasteiger partial charge in [0.15, 0.2) is 0 Å². The molecule has 0 radical (unpaired) electrons. The van der Waals surface area contributed by atoms with E-state index >= 15 is 0 Å². The van der Waals surface area contributed by atoms with Gasteiger partial charge in [-0.2, -0.15) is 0 Å². The van der Waals surface area contributed by atoms with Crippen molar-refractivity contribution in [2.45, 2.75) is 179 Å². The van der Waals surface area contributed by atoms with Gasteiger partial charge in [0.1, 0.15) is 31.3 Å². The van der Waals surface area contributed by atoms with E-state index in [9.17, 15) is 63.3 Å². The van der Waals surface area contributed by atoms with Crippen molar-refractivity contribution in [1.82, 2.24) is 31.9 Å². The van der Waals surface area contributed by atoms with Crippen LogP contribution in [0.3, 0.4) is 0 Å². The van der Waals surface area contributed by atoms with Crippen LogP contribution < -0.4 is 31.9 Å². The van der Waals surface area contributed by atoms with Gasteiger partial charge in [0.2, 0.25) is 35.4 Å². The van der Waals surface area contributed by atoms with Crippen LogP contribution in [-0.4, -0.2) is 170 Å². The number of carbonyl (C=O) groups excluding carboxylic acids is 6. The number of amides is 6. The SMILES string of the molecule is CCCCNC(=O)CCC(NC(=O)CC[C@H](NC(=O)COCCOCCNC(=O)COCCOCCNC(=O)CC[C@H](NC(=O)CCCCCCCCCCCCCCCCC(=O)O)C(=O)O)C(=O)O)C(=O)O. The first kappa shape index (κ1) is 67.5. The molecule has 6 amide bonds. The van der Waals surface area contributed by atoms with E-state index in [0.717, 1.165) is 64.2 Å². The molecular weight excluding hydrogens is 961 g/mol. The Kier molecular flexibility index (Phi) is 42.9. The molecule has 0 spiro atoms. The minimum Gasteiger partial charge on any atom is -0.481 e. The number of nitrogens with one attached hydrogen (secondary N) is 6. The van der Waals surface area contributed by atoms with Crippen LogP contribution in [-0.2, 0) is 66.9 Å². The summed E-state index contributed by atoms with van der Waals surface area (Å²) in [6.45, 7) is 2.52. The zero-order valence-corrected chi connectivity index (χ0v) is 43.0. The molecule has 0 fully saturated rings. The summed E-state index contributed by atoms with van der Waals surface area (Å²) in [4.78, 5) is 118. The maximum Gasteiger partial charge on any atom is 0.326 e. The summed E-state index contributed by atoms with van der Waals surface area (Å²) >= 11 is 0. The van der Waals surface area contributed by atoms with E-state index in [0.29, 0.717) is 13.0 Å². The highest BCUT2D eigenvalue weighted by Crippen LogP contribution is 2.14. The Balaban J connectivity index is 3.90. The van der Waals surface area contributed by atoms with Crippen LogP contribution >= 0.6 is 0 Å². The zero-order valence-electron chi connectivity index (χ0n) is 43.0. The van der Waals surface area contributed by atoms with Crippen molar-refractivity contribution in [2.24, 2.45) is 0 Å². The lowest BCUT2D eigenvalue weighted by atomic mass is 10.0. The number of carboxylic acids is 4. The topological polar surface area (TPSA) is 361 Å². The van der Waals surface area contributed by atoms with Crippen molar-refractivity contribution >= 4 is 59.3 Å². The molecule has 24 nitrogen and oxygen atoms in total. The quantitative estimate of drug-likeness (QED) is 0.0391. The number of aliphatic carboxylic acids is 4. The molecule has 0 bridgehead atoms. The molecule has 3 atom stereocenters. The summed E-state index contributed by atoms with van der Waals surface area (Å²) in [5.41, 5.74) is 0. The summed E-state index contributed by atoms with van der Waals surface area (Å²) in [7, 11) is 0. The van der Waals surface area contributed by atoms with Crippen LogP contribution in [0, 0.1) is 0 Å². The fourth-order valence-corrected chi connectivity index (χ4v) is 6.98. The van der Waals surface area contributed by atoms with Crippen molar-refractivity contribution in [3.05, 3.63) is 0 Å². The first-order valence-corrected chi connectivity index (χ1v) is 25.9. The molecule has 0 aromatic rings. The van der Waals surface area contributed by atoms with Gasteiger partial charge in [-0.15, -0.1) is 0 Å². The Bertz CT molecular complexity index is 1600. The van der Waals surface area contributed by atoms with Crippen LogP contribution in [0.2, 0.25) is 0 Å². The second kappa shape index (κ2) is 46.3. The molecule has 24 heteroatoms. The van der Waals surface area contributed by atoms with Crippen molar-refractivity contribution < 1.29 is 87.3 Å². The lowest BCUT2D eigenvalue weighted by Crippen LogP contribution is -2.45. The number of carbonyl (C=O) groups is 10. The van der Waals surface area contributed by atoms with E-state index in [1.54, 1.807) is 0 Å². The Morgan fingerprint density at radius 2 is 0.671 bits per heavy atom. The maximum absolute atomic E-state index is 12.4. The Morgan fingerprint density at radius 3 is 1.08 bits per heavy atom. The zero-order chi connectivity index (χ0) is 54.3. The molecule has 0 aliphatic carbocycles. The molecule has 0 aliphatic rings. The first-order valence-electron chi connectivity index (χ1n) is 25.9. The van der Waals surface area contributed by atoms with Gasteiger partial charge in [-0.05, 0) is 38.5 Å². The van der Waals surface area contributed by atoms with Gasteiger partial charge >= 0.3 is 23.9 Å². The molecule has 0 aromatic heterocycles. The third-order valence-electron chi connectivity index (χ3n) is 11.1. The van der Waals surface area contributed by atoms with Crippen LogP contribution in [0.15, 0.2) is 0 Å². The molecule has 73 heavy (non-hydrogen) atoms. The lowest BCUT2D eigenvalue weighted by Gasteiger charge is -2.17. The van der Waals surface area contributed by atoms with Gasteiger partial charge in [0.25, 0.3) is 0 Å². The number of carboxylic acid groups (broad SMARTS) is 4. The van der Waals surface area contributed by atoms with Crippen LogP contribution in [0.4, 0.5) is 0 Å². The molecule has 0 saturated carbocycles. The minimum absolute atomic E-state index is 0.0282. The standard InChI is InChI=1S/C49H86N6O18/c1-2-3-26-50-40(56)23-20-38(48(66)67)54-43(59)25-22-39(49(68)69)55-45(61)36-73-34-32-71-30-28-52-44(60)35-72-33-31-70-29-27-51-41(57)24-21-37(47(64)65)53-42(58)18-16-14-12-10-8-6-4-5-7-9-11-13-15-17-19-46(62)63/h37-39H,2-36H2,1H3,(H,50,56)(H,51,57)(H,52,60)(H,53,58)(H,54,59)(H,55,61)(H,62,63)(H,64,65)(H,66,67)(H,68,69)/t37-,38?,39-/m0/s1. The Labute approximate surface area is 429 Å². The van der Waals surface area contributed by atoms with Crippen LogP contribution in [0.1, 0.15) is 161 Å². The average molecular weight is 1050 g/mol. The molecule has 0 aliphatic heterocycles. The van der Waals surface area contributed by atoms with Crippen molar-refractivity contribution in [2.75, 3.05) is 72.5 Å². The molecule has 1 unspecified atom stereocenters. The number of rotatable bonds is 51. The van der Waals surface area contributed by atoms with Crippen molar-refractivity contribution in [3.63, 3.8) is 0 Å². The molecule has 10 N–H and O–H groups in total. The predicted molar refractivity (Wildman–Crippen MR) is 265 cm³/mol. The highest BCUT2D eigenvalue weighted by molar-refractivity contribution is 5.87. The molecule has 0 rings (SSSR count). The number of unbranched alkanes of at least 4 members (excludes halogenated alkanes) is 14. The van der Waals surface area contributed by atoms with Crippen LogP contribution in [0.25, 0.3) is 0 Å². The molecule has 0 saturated heterocycles. The number of ether oxygens (including phenoxy) is 4. The van der Waals surface area contributed by atoms with E-state index < -0.39 is 72.8 Å². The van der Waals surface area contributed by atoms with Crippen molar-refractivity contribution in [1.29, 1.82) is 0 Å². The van der Waals surface area contributed by atoms with Crippen molar-refractivity contribution in [3.8, 4) is 0 Å². The monoisotopic (exact) mass is 1050 g/mol. The second-order valence-electron chi connectivity index (χ2n) is 17.6. The smallest absolute Gasteiger partial charge is 0.326 e. The second-order valence-corrected chi connectivity index (χ2v) is 17.6. The van der Waals surface area contributed by atoms with E-state index in [1.165, 1.54) is 32.1 Å². The van der Waals surface area contributed by atoms with E-state index in [-0.39, 0.29) is 122 Å². The Hall–Kier alpha value is -5.46. The van der Waals surface area contributed by atoms with Crippen LogP contribution in [0.5, 0.6) is 0 Å². The molecule has 420 valence electrons. The molecular formula is C49H86N6O18. The summed E-state index contributed by atoms with van der Waals surface area (Å²) in [5, 5.41) is 52.0. The Morgan fingerprint density at radius 1 is 0.342 bits per heavy atom. The predicted octanol–water partition coefficient (Wildman–Crippen LogP) is 2.58. The van der Waals surface area contributed by atoms with E-state index in [2.05, 4.69) is 31.9 Å². The summed E-state index contributed by atoms with van der Waals surface area (Å²) in [6.07, 6.45) is 15.8. The number of hydrogen-bond donors (Lipinski definition) is 10. The lowest BCUT2D eigenvalue weighted by molar-refractivity contribution is -0.144. The average Bonchev–Trinajstić information content (AvgIpc) is 3.33. The molecule has 0 heterocycles. The summed E-state index contributed by atoms with van der Waals surface area (Å²) in [5.74, 6) is -7.72.